The molecule has 8 bridgehead atoms. The summed E-state index contributed by atoms with van der Waals surface area (Å²) in [6, 6.07) is 6.14. The Hall–Kier alpha value is -3.33. The number of aryl methyl sites for hydroxylation is 2. The molecule has 4 N–H and O–H groups in total. The van der Waals surface area contributed by atoms with Crippen LogP contribution in [0.5, 0.6) is 0 Å². The van der Waals surface area contributed by atoms with E-state index in [9.17, 15) is 15.0 Å². The van der Waals surface area contributed by atoms with Gasteiger partial charge in [0.05, 0.1) is 22.3 Å². The Bertz CT molecular complexity index is 1720. The number of carbonyl (C=O) groups excluding carboxylic acids is 1. The third-order valence-electron chi connectivity index (χ3n) is 9.60. The number of aromatic amines is 2. The quantitative estimate of drug-likeness (QED) is 0.253. The zero-order valence-corrected chi connectivity index (χ0v) is 24.9. The van der Waals surface area contributed by atoms with Crippen LogP contribution in [-0.2, 0) is 4.74 Å². The highest BCUT2D eigenvalue weighted by Crippen LogP contribution is 2.47. The van der Waals surface area contributed by atoms with Gasteiger partial charge in [0.15, 0.2) is 18.4 Å². The highest BCUT2D eigenvalue weighted by molar-refractivity contribution is 6.04. The molecule has 3 aliphatic rings. The molecule has 0 saturated carbocycles. The minimum Gasteiger partial charge on any atom is -0.364 e. The van der Waals surface area contributed by atoms with Crippen LogP contribution in [0.25, 0.3) is 22.1 Å². The van der Waals surface area contributed by atoms with E-state index in [0.717, 1.165) is 69.7 Å². The molecule has 3 aliphatic heterocycles. The molecule has 0 radical (unpaired) electrons. The van der Waals surface area contributed by atoms with E-state index in [0.29, 0.717) is 22.2 Å². The van der Waals surface area contributed by atoms with Crippen LogP contribution in [-0.4, -0.2) is 35.9 Å². The minimum atomic E-state index is -1.32. The SMILES string of the molecule is CCCC1c2nc(cc3[nH]c(cc4nc(cc5[nH]c6c2[C@H](O)O[C@H](O)c6c5C)C(CC)[C@H]4C)c(C(C)=O)c3C)[C@H]1C. The second kappa shape index (κ2) is 10.2. The van der Waals surface area contributed by atoms with Crippen LogP contribution in [0, 0.1) is 13.8 Å². The Morgan fingerprint density at radius 2 is 1.46 bits per heavy atom. The fraction of sp³-hybridized carbons (Fsp3) is 0.485. The average Bonchev–Trinajstić information content (AvgIpc) is 3.59. The number of aliphatic hydroxyl groups is 2. The first-order chi connectivity index (χ1) is 19.5. The summed E-state index contributed by atoms with van der Waals surface area (Å²) in [7, 11) is 0. The van der Waals surface area contributed by atoms with Crippen molar-refractivity contribution in [1.29, 1.82) is 0 Å². The summed E-state index contributed by atoms with van der Waals surface area (Å²) >= 11 is 0. The predicted molar refractivity (Wildman–Crippen MR) is 159 cm³/mol. The Morgan fingerprint density at radius 3 is 2.15 bits per heavy atom. The van der Waals surface area contributed by atoms with Gasteiger partial charge in [-0.15, -0.1) is 0 Å². The molecule has 0 aromatic carbocycles. The van der Waals surface area contributed by atoms with Crippen LogP contribution in [0.2, 0.25) is 0 Å². The van der Waals surface area contributed by atoms with Gasteiger partial charge in [-0.25, -0.2) is 0 Å². The summed E-state index contributed by atoms with van der Waals surface area (Å²) in [5, 5.41) is 22.2. The Morgan fingerprint density at radius 1 is 0.854 bits per heavy atom. The van der Waals surface area contributed by atoms with Gasteiger partial charge in [0.1, 0.15) is 0 Å². The first-order valence-corrected chi connectivity index (χ1v) is 14.9. The lowest BCUT2D eigenvalue weighted by atomic mass is 9.85. The van der Waals surface area contributed by atoms with Crippen molar-refractivity contribution in [1.82, 2.24) is 19.9 Å². The highest BCUT2D eigenvalue weighted by Gasteiger charge is 2.38. The third kappa shape index (κ3) is 4.26. The maximum absolute atomic E-state index is 12.9. The van der Waals surface area contributed by atoms with Gasteiger partial charge in [-0.3, -0.25) is 14.8 Å². The summed E-state index contributed by atoms with van der Waals surface area (Å²) in [6.45, 7) is 14.2. The first-order valence-electron chi connectivity index (χ1n) is 14.9. The number of fused-ring (bicyclic) bond motifs is 8. The Kier molecular flexibility index (Phi) is 6.91. The number of hydrogen-bond acceptors (Lipinski definition) is 6. The fourth-order valence-corrected chi connectivity index (χ4v) is 7.27. The van der Waals surface area contributed by atoms with Crippen LogP contribution in [0.4, 0.5) is 0 Å². The van der Waals surface area contributed by atoms with Gasteiger partial charge >= 0.3 is 0 Å². The number of nitrogens with zero attached hydrogens (tertiary/aromatic N) is 2. The number of rotatable bonds is 4. The van der Waals surface area contributed by atoms with Crippen molar-refractivity contribution in [2.45, 2.75) is 104 Å². The first kappa shape index (κ1) is 27.8. The molecule has 41 heavy (non-hydrogen) atoms. The van der Waals surface area contributed by atoms with E-state index < -0.39 is 12.6 Å². The van der Waals surface area contributed by atoms with E-state index in [4.69, 9.17) is 14.7 Å². The molecule has 2 unspecified atom stereocenters. The lowest BCUT2D eigenvalue weighted by molar-refractivity contribution is -0.219. The molecule has 0 fully saturated rings. The van der Waals surface area contributed by atoms with Crippen molar-refractivity contribution >= 4 is 27.9 Å². The smallest absolute Gasteiger partial charge is 0.188 e. The van der Waals surface area contributed by atoms with Gasteiger partial charge < -0.3 is 24.9 Å². The predicted octanol–water partition coefficient (Wildman–Crippen LogP) is 7.13. The second-order valence-electron chi connectivity index (χ2n) is 12.0. The number of ether oxygens (including phenoxy) is 1. The summed E-state index contributed by atoms with van der Waals surface area (Å²) in [5.41, 5.74) is 10.3. The molecule has 6 atom stereocenters. The minimum absolute atomic E-state index is 0.00694. The molecule has 8 nitrogen and oxygen atoms in total. The van der Waals surface area contributed by atoms with E-state index in [-0.39, 0.29) is 29.5 Å². The number of nitrogens with one attached hydrogen (secondary N) is 2. The third-order valence-corrected chi connectivity index (χ3v) is 9.60. The summed E-state index contributed by atoms with van der Waals surface area (Å²) in [4.78, 5) is 30.2. The molecule has 6 rings (SSSR count). The molecule has 3 aromatic rings. The summed E-state index contributed by atoms with van der Waals surface area (Å²) < 4.78 is 5.71. The molecule has 8 heteroatoms. The van der Waals surface area contributed by atoms with Gasteiger partial charge in [-0.05, 0) is 62.9 Å². The van der Waals surface area contributed by atoms with Crippen LogP contribution in [0.15, 0.2) is 18.2 Å². The molecular formula is C33H40N4O4. The van der Waals surface area contributed by atoms with Crippen LogP contribution in [0.1, 0.15) is 146 Å². The van der Waals surface area contributed by atoms with Gasteiger partial charge in [-0.1, -0.05) is 34.1 Å². The van der Waals surface area contributed by atoms with Crippen molar-refractivity contribution in [2.24, 2.45) is 0 Å². The topological polar surface area (TPSA) is 124 Å². The lowest BCUT2D eigenvalue weighted by Crippen LogP contribution is -2.18. The summed E-state index contributed by atoms with van der Waals surface area (Å²) in [6.07, 6.45) is 0.167. The van der Waals surface area contributed by atoms with E-state index >= 15 is 0 Å². The van der Waals surface area contributed by atoms with Crippen molar-refractivity contribution in [3.63, 3.8) is 0 Å². The van der Waals surface area contributed by atoms with Crippen molar-refractivity contribution in [3.8, 4) is 0 Å². The standard InChI is InChI=1S/C33H40N4O4/c1-8-10-20-15(4)22-11-23-16(5)27(18(7)38)26(35-23)13-21-14(3)19(9-2)25(34-21)12-24-17(6)28-31(37-24)29(30(20)36-22)33(40)41-32(28)39/h11-15,19-20,32-33,35,37,39-40H,8-10H2,1-7H3/t14-,15+,19?,20?,32+,33-/m1/s1. The Balaban J connectivity index is 1.82. The number of aromatic nitrogens is 4. The van der Waals surface area contributed by atoms with Gasteiger partial charge in [0.2, 0.25) is 0 Å². The number of aliphatic hydroxyl groups excluding tert-OH is 2. The fourth-order valence-electron chi connectivity index (χ4n) is 7.27. The molecule has 0 aliphatic carbocycles. The maximum atomic E-state index is 12.9. The van der Waals surface area contributed by atoms with Crippen LogP contribution < -0.4 is 0 Å². The number of hydrogen-bond donors (Lipinski definition) is 4. The van der Waals surface area contributed by atoms with Crippen LogP contribution in [0.3, 0.4) is 0 Å². The number of ketones is 1. The van der Waals surface area contributed by atoms with Gasteiger partial charge in [0.25, 0.3) is 0 Å². The molecule has 3 aromatic heterocycles. The zero-order valence-electron chi connectivity index (χ0n) is 24.9. The van der Waals surface area contributed by atoms with E-state index in [1.807, 2.05) is 26.0 Å². The molecular weight excluding hydrogens is 516 g/mol. The molecule has 0 saturated heterocycles. The van der Waals surface area contributed by atoms with Crippen molar-refractivity contribution in [3.05, 3.63) is 68.8 Å². The monoisotopic (exact) mass is 556 g/mol. The normalized spacial score (nSPS) is 25.5. The zero-order chi connectivity index (χ0) is 29.3. The number of H-pyrrole nitrogens is 2. The van der Waals surface area contributed by atoms with Gasteiger partial charge in [0, 0.05) is 62.9 Å². The average molecular weight is 557 g/mol. The molecule has 0 spiro atoms. The lowest BCUT2D eigenvalue weighted by Gasteiger charge is -2.26. The van der Waals surface area contributed by atoms with Crippen molar-refractivity contribution < 1.29 is 19.7 Å². The molecule has 6 heterocycles. The van der Waals surface area contributed by atoms with E-state index in [2.05, 4.69) is 43.7 Å². The molecule has 216 valence electrons. The van der Waals surface area contributed by atoms with Crippen molar-refractivity contribution in [2.75, 3.05) is 0 Å². The highest BCUT2D eigenvalue weighted by atomic mass is 16.7. The number of carbonyl (C=O) groups is 1. The van der Waals surface area contributed by atoms with E-state index in [1.165, 1.54) is 0 Å². The summed E-state index contributed by atoms with van der Waals surface area (Å²) in [5.74, 6) is 0.498. The van der Waals surface area contributed by atoms with Crippen LogP contribution >= 0.6 is 0 Å². The second-order valence-corrected chi connectivity index (χ2v) is 12.0. The Labute approximate surface area is 240 Å². The molecule has 0 amide bonds. The van der Waals surface area contributed by atoms with E-state index in [1.54, 1.807) is 6.92 Å². The maximum Gasteiger partial charge on any atom is 0.188 e. The number of Topliss-reactive ketones (excluding diaryl/α,β-unsaturated/α-hetero) is 1. The largest absolute Gasteiger partial charge is 0.364 e. The van der Waals surface area contributed by atoms with Gasteiger partial charge in [-0.2, -0.15) is 0 Å².